The van der Waals surface area contributed by atoms with Crippen molar-refractivity contribution in [2.24, 2.45) is 16.5 Å². The Morgan fingerprint density at radius 2 is 1.51 bits per heavy atom. The number of imidazole rings is 1. The van der Waals surface area contributed by atoms with E-state index in [9.17, 15) is 29.1 Å². The number of carboxylic acids is 1. The van der Waals surface area contributed by atoms with E-state index < -0.39 is 29.6 Å². The number of carboxylic acid groups (broad SMARTS) is 1. The maximum atomic E-state index is 13.9. The summed E-state index contributed by atoms with van der Waals surface area (Å²) >= 11 is 0. The number of aromatic nitrogens is 8. The van der Waals surface area contributed by atoms with Crippen LogP contribution in [0.15, 0.2) is 78.1 Å². The van der Waals surface area contributed by atoms with Crippen molar-refractivity contribution in [1.82, 2.24) is 44.2 Å². The molecule has 4 aromatic heterocycles. The summed E-state index contributed by atoms with van der Waals surface area (Å²) < 4.78 is 18.8. The Morgan fingerprint density at radius 3 is 2.13 bits per heavy atom. The molecule has 4 heterocycles. The fraction of sp³-hybridized carbons (Fsp3) is 0.304. The van der Waals surface area contributed by atoms with Crippen molar-refractivity contribution in [2.75, 3.05) is 42.4 Å². The molecule has 4 amide bonds. The molecule has 0 aliphatic carbocycles. The largest absolute Gasteiger partial charge is 0.491 e. The van der Waals surface area contributed by atoms with Crippen molar-refractivity contribution in [3.05, 3.63) is 107 Å². The zero-order valence-corrected chi connectivity index (χ0v) is 38.7. The number of fused-ring (bicyclic) bond motifs is 1. The number of amides is 4. The Morgan fingerprint density at radius 1 is 0.855 bits per heavy atom. The average Bonchev–Trinajstić information content (AvgIpc) is 4.11. The predicted octanol–water partition coefficient (Wildman–Crippen LogP) is 3.98. The molecule has 0 saturated carbocycles. The molecule has 6 aromatic rings. The summed E-state index contributed by atoms with van der Waals surface area (Å²) in [6.07, 6.45) is 10.4. The number of allylic oxidation sites excluding steroid dienone is 2. The fourth-order valence-corrected chi connectivity index (χ4v) is 7.29. The standard InChI is InChI=1S/C46H55N15O8/c1-6-60-35(19-28(3)55-60)44(66)51-27-57(40-33(50-5)21-30(42(48)64)23-37(40)69-18-12-13-39(62)63)14-8-9-16-59-41-34(53-46(59)54-45(67)36-20-29(4)56-61(36)7-2)22-31(43(49)65)24-38(41)68-17-11-10-15-58-26-32(47)25-52-58/h8-11,19-26H,5-7,12-18,27,47H2,1-4H3,(H2,48,64)(H2,49,65)(H,51,66)(H,62,63)(H,53,54,67)/b9-8+,11-10+. The molecule has 2 aromatic carbocycles. The quantitative estimate of drug-likeness (QED) is 0.0205. The molecule has 362 valence electrons. The first-order valence-electron chi connectivity index (χ1n) is 21.9. The topological polar surface area (TPSA) is 313 Å². The highest BCUT2D eigenvalue weighted by Gasteiger charge is 2.24. The van der Waals surface area contributed by atoms with Gasteiger partial charge in [-0.2, -0.15) is 15.3 Å². The monoisotopic (exact) mass is 945 g/mol. The number of nitrogen functional groups attached to an aromatic ring is 1. The molecule has 0 aliphatic rings. The van der Waals surface area contributed by atoms with Gasteiger partial charge in [0.2, 0.25) is 17.8 Å². The van der Waals surface area contributed by atoms with E-state index >= 15 is 0 Å². The zero-order chi connectivity index (χ0) is 49.8. The number of carbonyl (C=O) groups is 5. The van der Waals surface area contributed by atoms with Crippen molar-refractivity contribution in [1.29, 1.82) is 0 Å². The lowest BCUT2D eigenvalue weighted by atomic mass is 10.1. The summed E-state index contributed by atoms with van der Waals surface area (Å²) in [4.78, 5) is 74.6. The van der Waals surface area contributed by atoms with Crippen LogP contribution in [0.5, 0.6) is 11.5 Å². The van der Waals surface area contributed by atoms with Gasteiger partial charge in [-0.05, 0) is 83.3 Å². The number of aliphatic carboxylic acids is 1. The van der Waals surface area contributed by atoms with Crippen LogP contribution in [0.4, 0.5) is 23.0 Å². The van der Waals surface area contributed by atoms with E-state index in [1.165, 1.54) is 30.5 Å². The number of aliphatic imine (C=N–C) groups is 1. The second-order valence-corrected chi connectivity index (χ2v) is 15.5. The van der Waals surface area contributed by atoms with Crippen molar-refractivity contribution in [3.8, 4) is 11.5 Å². The van der Waals surface area contributed by atoms with Gasteiger partial charge in [0, 0.05) is 49.9 Å². The van der Waals surface area contributed by atoms with Crippen LogP contribution in [0.1, 0.15) is 79.8 Å². The summed E-state index contributed by atoms with van der Waals surface area (Å²) in [5.41, 5.74) is 21.1. The highest BCUT2D eigenvalue weighted by atomic mass is 16.5. The number of benzene rings is 2. The summed E-state index contributed by atoms with van der Waals surface area (Å²) in [5, 5.41) is 28.1. The first-order valence-corrected chi connectivity index (χ1v) is 21.9. The lowest BCUT2D eigenvalue weighted by Crippen LogP contribution is -2.39. The summed E-state index contributed by atoms with van der Waals surface area (Å²) in [6, 6.07) is 9.19. The van der Waals surface area contributed by atoms with Crippen molar-refractivity contribution < 1.29 is 38.6 Å². The van der Waals surface area contributed by atoms with E-state index in [-0.39, 0.29) is 80.1 Å². The fourth-order valence-electron chi connectivity index (χ4n) is 7.29. The van der Waals surface area contributed by atoms with Crippen LogP contribution in [0.25, 0.3) is 11.0 Å². The molecule has 9 N–H and O–H groups in total. The number of rotatable bonds is 25. The molecule has 0 spiro atoms. The van der Waals surface area contributed by atoms with Gasteiger partial charge in [-0.3, -0.25) is 48.3 Å². The lowest BCUT2D eigenvalue weighted by molar-refractivity contribution is -0.137. The number of nitrogens with one attached hydrogen (secondary N) is 2. The smallest absolute Gasteiger partial charge is 0.303 e. The van der Waals surface area contributed by atoms with Crippen molar-refractivity contribution in [3.63, 3.8) is 0 Å². The zero-order valence-electron chi connectivity index (χ0n) is 38.7. The average molecular weight is 946 g/mol. The van der Waals surface area contributed by atoms with E-state index in [0.29, 0.717) is 64.8 Å². The number of aryl methyl sites for hydroxylation is 4. The van der Waals surface area contributed by atoms with E-state index in [1.807, 2.05) is 19.9 Å². The first kappa shape index (κ1) is 49.7. The maximum absolute atomic E-state index is 13.9. The molecule has 0 fully saturated rings. The summed E-state index contributed by atoms with van der Waals surface area (Å²) in [7, 11) is 0. The normalized spacial score (nSPS) is 11.4. The predicted molar refractivity (Wildman–Crippen MR) is 258 cm³/mol. The number of nitrogens with zero attached hydrogens (tertiary/aromatic N) is 10. The van der Waals surface area contributed by atoms with Crippen LogP contribution in [0.2, 0.25) is 0 Å². The number of anilines is 3. The highest BCUT2D eigenvalue weighted by molar-refractivity contribution is 6.04. The van der Waals surface area contributed by atoms with Gasteiger partial charge in [0.15, 0.2) is 0 Å². The Balaban J connectivity index is 1.39. The first-order chi connectivity index (χ1) is 33.1. The molecule has 0 saturated heterocycles. The third kappa shape index (κ3) is 12.4. The molecule has 0 aliphatic heterocycles. The minimum atomic E-state index is -1.01. The van der Waals surface area contributed by atoms with Crippen LogP contribution >= 0.6 is 0 Å². The van der Waals surface area contributed by atoms with Gasteiger partial charge in [-0.1, -0.05) is 18.2 Å². The number of nitrogens with two attached hydrogens (primary N) is 3. The Bertz CT molecular complexity index is 2940. The Kier molecular flexibility index (Phi) is 16.3. The SMILES string of the molecule is C=Nc1cc(C(N)=O)cc(OCCCC(=O)O)c1N(C/C=C/Cn1c(NC(=O)c2cc(C)nn2CC)nc2cc(C(N)=O)cc(OC/C=C/Cn3cc(N)cn3)c21)CNC(=O)c1cc(C)nn1CC. The molecule has 0 bridgehead atoms. The molecule has 0 radical (unpaired) electrons. The minimum absolute atomic E-state index is 0.0406. The number of hydrogen-bond acceptors (Lipinski definition) is 14. The second-order valence-electron chi connectivity index (χ2n) is 15.5. The van der Waals surface area contributed by atoms with Crippen LogP contribution in [-0.4, -0.2) is 107 Å². The molecule has 23 heteroatoms. The molecule has 23 nitrogen and oxygen atoms in total. The van der Waals surface area contributed by atoms with Crippen molar-refractivity contribution in [2.45, 2.75) is 66.7 Å². The Labute approximate surface area is 396 Å². The van der Waals surface area contributed by atoms with E-state index in [4.69, 9.17) is 31.7 Å². The third-order valence-corrected chi connectivity index (χ3v) is 10.5. The van der Waals surface area contributed by atoms with Gasteiger partial charge in [0.1, 0.15) is 40.7 Å². The molecule has 6 rings (SSSR count). The van der Waals surface area contributed by atoms with E-state index in [2.05, 4.69) is 37.6 Å². The van der Waals surface area contributed by atoms with Gasteiger partial charge in [0.25, 0.3) is 11.8 Å². The molecule has 69 heavy (non-hydrogen) atoms. The summed E-state index contributed by atoms with van der Waals surface area (Å²) in [5.74, 6) is -2.91. The molecule has 0 unspecified atom stereocenters. The van der Waals surface area contributed by atoms with E-state index in [1.54, 1.807) is 73.9 Å². The van der Waals surface area contributed by atoms with Crippen LogP contribution in [0, 0.1) is 13.8 Å². The number of carbonyl (C=O) groups excluding carboxylic acids is 4. The number of ether oxygens (including phenoxy) is 2. The van der Waals surface area contributed by atoms with Crippen LogP contribution < -0.4 is 42.2 Å². The Hall–Kier alpha value is -8.76. The molecular formula is C46H55N15O8. The van der Waals surface area contributed by atoms with Gasteiger partial charge in [0.05, 0.1) is 54.3 Å². The summed E-state index contributed by atoms with van der Waals surface area (Å²) in [6.45, 7) is 12.3. The van der Waals surface area contributed by atoms with Gasteiger partial charge >= 0.3 is 5.97 Å². The van der Waals surface area contributed by atoms with Crippen LogP contribution in [-0.2, 0) is 31.0 Å². The molecular weight excluding hydrogens is 891 g/mol. The van der Waals surface area contributed by atoms with Gasteiger partial charge in [-0.15, -0.1) is 0 Å². The van der Waals surface area contributed by atoms with Gasteiger partial charge < -0.3 is 46.6 Å². The van der Waals surface area contributed by atoms with Crippen LogP contribution in [0.3, 0.4) is 0 Å². The maximum Gasteiger partial charge on any atom is 0.303 e. The van der Waals surface area contributed by atoms with E-state index in [0.717, 1.165) is 0 Å². The molecule has 0 atom stereocenters. The van der Waals surface area contributed by atoms with Crippen molar-refractivity contribution >= 4 is 70.4 Å². The number of hydrogen-bond donors (Lipinski definition) is 6. The number of primary amides is 2. The third-order valence-electron chi connectivity index (χ3n) is 10.5. The highest BCUT2D eigenvalue weighted by Crippen LogP contribution is 2.40. The second kappa shape index (κ2) is 22.6. The lowest BCUT2D eigenvalue weighted by Gasteiger charge is -2.28. The minimum Gasteiger partial charge on any atom is -0.491 e. The van der Waals surface area contributed by atoms with Gasteiger partial charge in [-0.25, -0.2) is 4.98 Å².